The Morgan fingerprint density at radius 2 is 1.96 bits per heavy atom. The first-order chi connectivity index (χ1) is 11.6. The molecule has 24 heavy (non-hydrogen) atoms. The molecule has 0 saturated heterocycles. The maximum Gasteiger partial charge on any atom is 0.360 e. The molecule has 0 N–H and O–H groups in total. The fraction of sp³-hybridized carbons (Fsp3) is 0.176. The van der Waals surface area contributed by atoms with Crippen LogP contribution in [0.25, 0.3) is 0 Å². The van der Waals surface area contributed by atoms with Crippen molar-refractivity contribution in [2.24, 2.45) is 5.16 Å². The third-order valence-corrected chi connectivity index (χ3v) is 3.41. The van der Waals surface area contributed by atoms with Crippen molar-refractivity contribution in [1.29, 1.82) is 0 Å². The van der Waals surface area contributed by atoms with Gasteiger partial charge in [0.15, 0.2) is 5.71 Å². The highest BCUT2D eigenvalue weighted by Gasteiger charge is 2.19. The first-order valence-corrected chi connectivity index (χ1v) is 7.30. The summed E-state index contributed by atoms with van der Waals surface area (Å²) in [7, 11) is 2.59. The molecule has 0 aromatic heterocycles. The average Bonchev–Trinajstić information content (AvgIpc) is 2.60. The Bertz CT molecular complexity index is 764. The molecule has 0 aliphatic carbocycles. The molecule has 0 atom stereocenters. The average molecular weight is 352 g/mol. The molecule has 0 aliphatic heterocycles. The molecule has 0 aliphatic rings. The Morgan fingerprint density at radius 1 is 1.21 bits per heavy atom. The minimum absolute atomic E-state index is 0.0244. The lowest BCUT2D eigenvalue weighted by Crippen LogP contribution is -2.19. The summed E-state index contributed by atoms with van der Waals surface area (Å²) in [5, 5.41) is 3.69. The standard InChI is InChI=1S/C17H15ClFNO4/c1-22-17(21)16(20-23-2)13-6-4-3-5-11(13)10-24-12-7-8-15(19)14(18)9-12/h3-9H,10H2,1-2H3. The predicted octanol–water partition coefficient (Wildman–Crippen LogP) is 3.58. The number of halogens is 2. The van der Waals surface area contributed by atoms with E-state index in [1.165, 1.54) is 32.4 Å². The zero-order chi connectivity index (χ0) is 17.5. The molecular formula is C17H15ClFNO4. The van der Waals surface area contributed by atoms with Crippen molar-refractivity contribution in [3.63, 3.8) is 0 Å². The van der Waals surface area contributed by atoms with Gasteiger partial charge in [0.2, 0.25) is 0 Å². The summed E-state index contributed by atoms with van der Waals surface area (Å²) in [4.78, 5) is 16.6. The van der Waals surface area contributed by atoms with Crippen LogP contribution in [0.15, 0.2) is 47.6 Å². The molecule has 2 aromatic rings. The second-order valence-electron chi connectivity index (χ2n) is 4.64. The van der Waals surface area contributed by atoms with Gasteiger partial charge in [0.1, 0.15) is 25.3 Å². The minimum atomic E-state index is -0.630. The van der Waals surface area contributed by atoms with Crippen molar-refractivity contribution in [3.8, 4) is 5.75 Å². The summed E-state index contributed by atoms with van der Waals surface area (Å²) < 4.78 is 23.5. The van der Waals surface area contributed by atoms with E-state index in [2.05, 4.69) is 5.16 Å². The van der Waals surface area contributed by atoms with Crippen molar-refractivity contribution in [2.45, 2.75) is 6.61 Å². The first kappa shape index (κ1) is 17.7. The molecule has 0 bridgehead atoms. The number of carbonyl (C=O) groups is 1. The number of hydrogen-bond donors (Lipinski definition) is 0. The van der Waals surface area contributed by atoms with Gasteiger partial charge in [0.25, 0.3) is 0 Å². The molecule has 7 heteroatoms. The molecule has 2 rings (SSSR count). The number of methoxy groups -OCH3 is 1. The number of hydrogen-bond acceptors (Lipinski definition) is 5. The highest BCUT2D eigenvalue weighted by Crippen LogP contribution is 2.22. The molecule has 0 fully saturated rings. The number of oxime groups is 1. The van der Waals surface area contributed by atoms with Crippen molar-refractivity contribution in [3.05, 3.63) is 64.4 Å². The van der Waals surface area contributed by atoms with Crippen LogP contribution in [0.1, 0.15) is 11.1 Å². The van der Waals surface area contributed by atoms with Crippen LogP contribution in [0, 0.1) is 5.82 Å². The van der Waals surface area contributed by atoms with E-state index in [4.69, 9.17) is 25.9 Å². The van der Waals surface area contributed by atoms with E-state index < -0.39 is 11.8 Å². The van der Waals surface area contributed by atoms with E-state index in [1.807, 2.05) is 0 Å². The summed E-state index contributed by atoms with van der Waals surface area (Å²) in [6.07, 6.45) is 0. The number of ether oxygens (including phenoxy) is 2. The largest absolute Gasteiger partial charge is 0.489 e. The fourth-order valence-electron chi connectivity index (χ4n) is 1.99. The van der Waals surface area contributed by atoms with Crippen LogP contribution >= 0.6 is 11.6 Å². The molecule has 0 unspecified atom stereocenters. The van der Waals surface area contributed by atoms with Crippen LogP contribution in [0.3, 0.4) is 0 Å². The van der Waals surface area contributed by atoms with Gasteiger partial charge in [-0.1, -0.05) is 41.0 Å². The van der Waals surface area contributed by atoms with Gasteiger partial charge in [0, 0.05) is 11.6 Å². The van der Waals surface area contributed by atoms with Crippen LogP contribution in [-0.4, -0.2) is 25.9 Å². The SMILES string of the molecule is CON=C(C(=O)OC)c1ccccc1COc1ccc(F)c(Cl)c1. The maximum atomic E-state index is 13.2. The van der Waals surface area contributed by atoms with Gasteiger partial charge >= 0.3 is 5.97 Å². The zero-order valence-electron chi connectivity index (χ0n) is 13.1. The molecule has 0 radical (unpaired) electrons. The topological polar surface area (TPSA) is 57.1 Å². The lowest BCUT2D eigenvalue weighted by molar-refractivity contribution is -0.132. The van der Waals surface area contributed by atoms with Crippen molar-refractivity contribution in [1.82, 2.24) is 0 Å². The molecule has 0 spiro atoms. The van der Waals surface area contributed by atoms with E-state index in [-0.39, 0.29) is 17.3 Å². The predicted molar refractivity (Wildman–Crippen MR) is 87.7 cm³/mol. The van der Waals surface area contributed by atoms with E-state index >= 15 is 0 Å². The Kier molecular flexibility index (Phi) is 6.14. The number of nitrogens with zero attached hydrogens (tertiary/aromatic N) is 1. The second kappa shape index (κ2) is 8.31. The summed E-state index contributed by atoms with van der Waals surface area (Å²) in [5.74, 6) is -0.752. The van der Waals surface area contributed by atoms with Crippen molar-refractivity contribution in [2.75, 3.05) is 14.2 Å². The molecule has 0 heterocycles. The summed E-state index contributed by atoms with van der Waals surface area (Å²) >= 11 is 5.73. The third-order valence-electron chi connectivity index (χ3n) is 3.12. The van der Waals surface area contributed by atoms with Gasteiger partial charge in [-0.3, -0.25) is 0 Å². The lowest BCUT2D eigenvalue weighted by Gasteiger charge is -2.12. The molecule has 2 aromatic carbocycles. The van der Waals surface area contributed by atoms with Gasteiger partial charge in [0.05, 0.1) is 12.1 Å². The number of carbonyl (C=O) groups excluding carboxylic acids is 1. The van der Waals surface area contributed by atoms with Crippen LogP contribution in [-0.2, 0) is 21.0 Å². The molecular weight excluding hydrogens is 337 g/mol. The fourth-order valence-corrected chi connectivity index (χ4v) is 2.16. The van der Waals surface area contributed by atoms with E-state index in [0.29, 0.717) is 16.9 Å². The smallest absolute Gasteiger partial charge is 0.360 e. The monoisotopic (exact) mass is 351 g/mol. The molecule has 0 amide bonds. The normalized spacial score (nSPS) is 11.1. The van der Waals surface area contributed by atoms with Crippen LogP contribution in [0.2, 0.25) is 5.02 Å². The first-order valence-electron chi connectivity index (χ1n) is 6.92. The van der Waals surface area contributed by atoms with Gasteiger partial charge in [-0.05, 0) is 17.7 Å². The Morgan fingerprint density at radius 3 is 2.62 bits per heavy atom. The quantitative estimate of drug-likeness (QED) is 0.453. The van der Waals surface area contributed by atoms with E-state index in [9.17, 15) is 9.18 Å². The van der Waals surface area contributed by atoms with Crippen LogP contribution in [0.5, 0.6) is 5.75 Å². The highest BCUT2D eigenvalue weighted by molar-refractivity contribution is 6.43. The summed E-state index contributed by atoms with van der Waals surface area (Å²) in [6.45, 7) is 0.123. The number of rotatable bonds is 6. The van der Waals surface area contributed by atoms with Crippen molar-refractivity contribution < 1.29 is 23.5 Å². The van der Waals surface area contributed by atoms with Crippen molar-refractivity contribution >= 4 is 23.3 Å². The van der Waals surface area contributed by atoms with E-state index in [0.717, 1.165) is 0 Å². The minimum Gasteiger partial charge on any atom is -0.489 e. The third kappa shape index (κ3) is 4.23. The second-order valence-corrected chi connectivity index (χ2v) is 5.04. The Labute approximate surface area is 143 Å². The van der Waals surface area contributed by atoms with Gasteiger partial charge in [-0.15, -0.1) is 0 Å². The van der Waals surface area contributed by atoms with E-state index in [1.54, 1.807) is 24.3 Å². The molecule has 126 valence electrons. The Balaban J connectivity index is 2.26. The number of benzene rings is 2. The summed E-state index contributed by atoms with van der Waals surface area (Å²) in [6, 6.07) is 11.1. The van der Waals surface area contributed by atoms with Crippen LogP contribution < -0.4 is 4.74 Å². The van der Waals surface area contributed by atoms with Gasteiger partial charge in [-0.2, -0.15) is 0 Å². The highest BCUT2D eigenvalue weighted by atomic mass is 35.5. The molecule has 5 nitrogen and oxygen atoms in total. The summed E-state index contributed by atoms with van der Waals surface area (Å²) in [5.41, 5.74) is 1.22. The van der Waals surface area contributed by atoms with Crippen LogP contribution in [0.4, 0.5) is 4.39 Å². The number of esters is 1. The zero-order valence-corrected chi connectivity index (χ0v) is 13.8. The lowest BCUT2D eigenvalue weighted by atomic mass is 10.0. The maximum absolute atomic E-state index is 13.2. The Hall–Kier alpha value is -2.60. The molecule has 0 saturated carbocycles. The van der Waals surface area contributed by atoms with Gasteiger partial charge in [-0.25, -0.2) is 9.18 Å². The van der Waals surface area contributed by atoms with Gasteiger partial charge < -0.3 is 14.3 Å².